The molecule has 0 atom stereocenters. The van der Waals surface area contributed by atoms with Crippen molar-refractivity contribution < 1.29 is 4.79 Å². The van der Waals surface area contributed by atoms with Crippen molar-refractivity contribution in [2.24, 2.45) is 16.6 Å². The minimum atomic E-state index is -0.197. The lowest BCUT2D eigenvalue weighted by Gasteiger charge is -2.32. The SMILES string of the molecule is CCNC(=NCc1cccnc1N1CCC(C(N)=O)CC1)N(C)Cc1ccc(C)cc1. The Morgan fingerprint density at radius 3 is 2.61 bits per heavy atom. The van der Waals surface area contributed by atoms with Crippen molar-refractivity contribution in [2.45, 2.75) is 39.8 Å². The standard InChI is InChI=1S/C24H34N6O/c1-4-26-24(29(3)17-19-9-7-18(2)8-10-19)28-16-21-6-5-13-27-23(21)30-14-11-20(12-15-30)22(25)31/h5-10,13,20H,4,11-12,14-17H2,1-3H3,(H2,25,31)(H,26,28). The third-order valence-electron chi connectivity index (χ3n) is 5.70. The van der Waals surface area contributed by atoms with Gasteiger partial charge in [-0.05, 0) is 38.3 Å². The zero-order valence-corrected chi connectivity index (χ0v) is 18.8. The van der Waals surface area contributed by atoms with Gasteiger partial charge in [-0.3, -0.25) is 4.79 Å². The number of nitrogens with two attached hydrogens (primary N) is 1. The molecule has 7 heteroatoms. The summed E-state index contributed by atoms with van der Waals surface area (Å²) in [5.74, 6) is 1.59. The maximum atomic E-state index is 11.5. The first-order chi connectivity index (χ1) is 15.0. The lowest BCUT2D eigenvalue weighted by molar-refractivity contribution is -0.122. The molecule has 166 valence electrons. The summed E-state index contributed by atoms with van der Waals surface area (Å²) in [7, 11) is 2.06. The summed E-state index contributed by atoms with van der Waals surface area (Å²) in [6.45, 7) is 7.88. The van der Waals surface area contributed by atoms with Gasteiger partial charge in [-0.15, -0.1) is 0 Å². The van der Waals surface area contributed by atoms with E-state index in [0.29, 0.717) is 6.54 Å². The van der Waals surface area contributed by atoms with Crippen LogP contribution in [0.1, 0.15) is 36.5 Å². The van der Waals surface area contributed by atoms with E-state index in [0.717, 1.165) is 56.4 Å². The van der Waals surface area contributed by atoms with Crippen LogP contribution in [-0.4, -0.2) is 48.4 Å². The van der Waals surface area contributed by atoms with E-state index in [-0.39, 0.29) is 11.8 Å². The Bertz CT molecular complexity index is 887. The number of aromatic nitrogens is 1. The Kier molecular flexibility index (Phi) is 7.87. The number of nitrogens with one attached hydrogen (secondary N) is 1. The molecule has 0 radical (unpaired) electrons. The van der Waals surface area contributed by atoms with Crippen molar-refractivity contribution >= 4 is 17.7 Å². The number of piperidine rings is 1. The maximum Gasteiger partial charge on any atom is 0.220 e. The fourth-order valence-corrected chi connectivity index (χ4v) is 3.89. The van der Waals surface area contributed by atoms with Gasteiger partial charge in [0.1, 0.15) is 5.82 Å². The van der Waals surface area contributed by atoms with E-state index in [9.17, 15) is 4.79 Å². The van der Waals surface area contributed by atoms with Gasteiger partial charge < -0.3 is 20.9 Å². The summed E-state index contributed by atoms with van der Waals surface area (Å²) in [4.78, 5) is 25.4. The minimum Gasteiger partial charge on any atom is -0.369 e. The van der Waals surface area contributed by atoms with Gasteiger partial charge in [-0.25, -0.2) is 9.98 Å². The molecule has 1 aliphatic rings. The van der Waals surface area contributed by atoms with E-state index in [1.165, 1.54) is 11.1 Å². The monoisotopic (exact) mass is 422 g/mol. The van der Waals surface area contributed by atoms with E-state index < -0.39 is 0 Å². The second kappa shape index (κ2) is 10.8. The van der Waals surface area contributed by atoms with Crippen molar-refractivity contribution in [1.29, 1.82) is 0 Å². The Balaban J connectivity index is 1.71. The molecule has 0 spiro atoms. The smallest absolute Gasteiger partial charge is 0.220 e. The molecule has 2 aromatic rings. The molecule has 0 unspecified atom stereocenters. The van der Waals surface area contributed by atoms with E-state index >= 15 is 0 Å². The van der Waals surface area contributed by atoms with Crippen LogP contribution in [0.15, 0.2) is 47.6 Å². The number of anilines is 1. The summed E-state index contributed by atoms with van der Waals surface area (Å²) in [6, 6.07) is 12.6. The van der Waals surface area contributed by atoms with Crippen LogP contribution in [0, 0.1) is 12.8 Å². The predicted octanol–water partition coefficient (Wildman–Crippen LogP) is 2.69. The van der Waals surface area contributed by atoms with Gasteiger partial charge in [0.25, 0.3) is 0 Å². The van der Waals surface area contributed by atoms with Crippen LogP contribution in [0.3, 0.4) is 0 Å². The van der Waals surface area contributed by atoms with Crippen LogP contribution in [-0.2, 0) is 17.9 Å². The highest BCUT2D eigenvalue weighted by Crippen LogP contribution is 2.25. The molecule has 0 saturated carbocycles. The molecule has 1 fully saturated rings. The maximum absolute atomic E-state index is 11.5. The Hall–Kier alpha value is -3.09. The summed E-state index contributed by atoms with van der Waals surface area (Å²) >= 11 is 0. The number of benzene rings is 1. The molecule has 1 aromatic carbocycles. The highest BCUT2D eigenvalue weighted by atomic mass is 16.1. The zero-order chi connectivity index (χ0) is 22.2. The van der Waals surface area contributed by atoms with Crippen LogP contribution in [0.2, 0.25) is 0 Å². The van der Waals surface area contributed by atoms with Crippen LogP contribution >= 0.6 is 0 Å². The number of carbonyl (C=O) groups excluding carboxylic acids is 1. The van der Waals surface area contributed by atoms with Gasteiger partial charge in [0.2, 0.25) is 5.91 Å². The van der Waals surface area contributed by atoms with E-state index in [4.69, 9.17) is 10.7 Å². The van der Waals surface area contributed by atoms with E-state index in [1.54, 1.807) is 0 Å². The first kappa shape index (κ1) is 22.6. The van der Waals surface area contributed by atoms with Crippen molar-refractivity contribution in [3.63, 3.8) is 0 Å². The third-order valence-corrected chi connectivity index (χ3v) is 5.70. The lowest BCUT2D eigenvalue weighted by Crippen LogP contribution is -2.39. The van der Waals surface area contributed by atoms with Crippen LogP contribution in [0.25, 0.3) is 0 Å². The topological polar surface area (TPSA) is 86.9 Å². The summed E-state index contributed by atoms with van der Waals surface area (Å²) < 4.78 is 0. The number of pyridine rings is 1. The molecule has 3 rings (SSSR count). The van der Waals surface area contributed by atoms with Crippen molar-refractivity contribution in [3.05, 3.63) is 59.3 Å². The second-order valence-electron chi connectivity index (χ2n) is 8.16. The molecule has 1 amide bonds. The normalized spacial score (nSPS) is 15.1. The Morgan fingerprint density at radius 2 is 1.97 bits per heavy atom. The van der Waals surface area contributed by atoms with Crippen molar-refractivity contribution in [2.75, 3.05) is 31.6 Å². The minimum absolute atomic E-state index is 0.0304. The highest BCUT2D eigenvalue weighted by Gasteiger charge is 2.25. The number of amides is 1. The molecule has 0 aliphatic carbocycles. The Labute approximate surface area is 185 Å². The first-order valence-corrected chi connectivity index (χ1v) is 11.0. The quantitative estimate of drug-likeness (QED) is 0.529. The molecule has 2 heterocycles. The van der Waals surface area contributed by atoms with Gasteiger partial charge in [0.15, 0.2) is 5.96 Å². The van der Waals surface area contributed by atoms with Crippen molar-refractivity contribution in [3.8, 4) is 0 Å². The molecule has 31 heavy (non-hydrogen) atoms. The fraction of sp³-hybridized carbons (Fsp3) is 0.458. The molecule has 1 aliphatic heterocycles. The zero-order valence-electron chi connectivity index (χ0n) is 18.8. The van der Waals surface area contributed by atoms with E-state index in [1.807, 2.05) is 12.3 Å². The van der Waals surface area contributed by atoms with Gasteiger partial charge in [0.05, 0.1) is 6.54 Å². The number of nitrogens with zero attached hydrogens (tertiary/aromatic N) is 4. The number of carbonyl (C=O) groups is 1. The van der Waals surface area contributed by atoms with Crippen LogP contribution in [0.4, 0.5) is 5.82 Å². The lowest BCUT2D eigenvalue weighted by atomic mass is 9.96. The summed E-state index contributed by atoms with van der Waals surface area (Å²) in [5.41, 5.74) is 9.07. The van der Waals surface area contributed by atoms with Gasteiger partial charge >= 0.3 is 0 Å². The van der Waals surface area contributed by atoms with Crippen LogP contribution < -0.4 is 16.0 Å². The fourth-order valence-electron chi connectivity index (χ4n) is 3.89. The molecule has 7 nitrogen and oxygen atoms in total. The van der Waals surface area contributed by atoms with E-state index in [2.05, 4.69) is 71.3 Å². The highest BCUT2D eigenvalue weighted by molar-refractivity contribution is 5.80. The molecule has 1 saturated heterocycles. The number of aryl methyl sites for hydroxylation is 1. The van der Waals surface area contributed by atoms with Crippen molar-refractivity contribution in [1.82, 2.24) is 15.2 Å². The third kappa shape index (κ3) is 6.20. The summed E-state index contributed by atoms with van der Waals surface area (Å²) in [6.07, 6.45) is 3.37. The molecule has 1 aromatic heterocycles. The average Bonchev–Trinajstić information content (AvgIpc) is 2.78. The number of rotatable bonds is 7. The van der Waals surface area contributed by atoms with Gasteiger partial charge in [-0.2, -0.15) is 0 Å². The molecular formula is C24H34N6O. The number of guanidine groups is 1. The number of hydrogen-bond donors (Lipinski definition) is 2. The second-order valence-corrected chi connectivity index (χ2v) is 8.16. The number of aliphatic imine (C=N–C) groups is 1. The molecular weight excluding hydrogens is 388 g/mol. The van der Waals surface area contributed by atoms with Gasteiger partial charge in [-0.1, -0.05) is 35.9 Å². The first-order valence-electron chi connectivity index (χ1n) is 11.0. The van der Waals surface area contributed by atoms with Crippen LogP contribution in [0.5, 0.6) is 0 Å². The average molecular weight is 423 g/mol. The molecule has 3 N–H and O–H groups in total. The summed E-state index contributed by atoms with van der Waals surface area (Å²) in [5, 5.41) is 3.39. The van der Waals surface area contributed by atoms with Gasteiger partial charge in [0, 0.05) is 50.9 Å². The predicted molar refractivity (Wildman–Crippen MR) is 126 cm³/mol. The Morgan fingerprint density at radius 1 is 1.26 bits per heavy atom. The number of hydrogen-bond acceptors (Lipinski definition) is 4. The molecule has 0 bridgehead atoms. The number of primary amides is 1. The largest absolute Gasteiger partial charge is 0.369 e.